The number of guanidine groups is 1. The van der Waals surface area contributed by atoms with Crippen LogP contribution in [-0.2, 0) is 6.54 Å². The summed E-state index contributed by atoms with van der Waals surface area (Å²) < 4.78 is 7.25. The lowest BCUT2D eigenvalue weighted by molar-refractivity contribution is 0.501. The zero-order chi connectivity index (χ0) is 17.1. The van der Waals surface area contributed by atoms with Gasteiger partial charge in [0.2, 0.25) is 0 Å². The van der Waals surface area contributed by atoms with E-state index in [1.54, 1.807) is 13.3 Å². The summed E-state index contributed by atoms with van der Waals surface area (Å²) in [4.78, 5) is 4.28. The van der Waals surface area contributed by atoms with Crippen molar-refractivity contribution in [3.63, 3.8) is 0 Å². The van der Waals surface area contributed by atoms with Gasteiger partial charge in [-0.3, -0.25) is 4.99 Å². The van der Waals surface area contributed by atoms with E-state index in [1.807, 2.05) is 41.2 Å². The molecule has 3 aromatic rings. The minimum atomic E-state index is 0. The Morgan fingerprint density at radius 2 is 2.12 bits per heavy atom. The molecule has 2 N–H and O–H groups in total. The Morgan fingerprint density at radius 1 is 1.27 bits per heavy atom. The van der Waals surface area contributed by atoms with E-state index in [1.165, 1.54) is 5.56 Å². The highest BCUT2D eigenvalue weighted by Gasteiger charge is 2.40. The average Bonchev–Trinajstić information content (AvgIpc) is 3.07. The lowest BCUT2D eigenvalue weighted by atomic mass is 10.2. The molecule has 7 heteroatoms. The summed E-state index contributed by atoms with van der Waals surface area (Å²) >= 11 is 0. The van der Waals surface area contributed by atoms with E-state index in [9.17, 15) is 0 Å². The van der Waals surface area contributed by atoms with E-state index >= 15 is 0 Å². The first kappa shape index (κ1) is 18.5. The molecule has 1 saturated carbocycles. The number of hydrogen-bond acceptors (Lipinski definition) is 3. The molecule has 0 unspecified atom stereocenters. The average molecular weight is 463 g/mol. The summed E-state index contributed by atoms with van der Waals surface area (Å²) in [5.41, 5.74) is 2.33. The molecule has 0 bridgehead atoms. The summed E-state index contributed by atoms with van der Waals surface area (Å²) in [6.07, 6.45) is 6.83. The Hall–Kier alpha value is -2.29. The lowest BCUT2D eigenvalue weighted by Gasteiger charge is -2.10. The number of nitrogens with one attached hydrogen (secondary N) is 2. The summed E-state index contributed by atoms with van der Waals surface area (Å²) in [6, 6.07) is 14.4. The van der Waals surface area contributed by atoms with Gasteiger partial charge >= 0.3 is 0 Å². The maximum absolute atomic E-state index is 5.33. The Balaban J connectivity index is 0.00000196. The van der Waals surface area contributed by atoms with Gasteiger partial charge in [-0.2, -0.15) is 5.10 Å². The predicted octanol–water partition coefficient (Wildman–Crippen LogP) is 3.30. The Kier molecular flexibility index (Phi) is 5.97. The fourth-order valence-corrected chi connectivity index (χ4v) is 2.93. The second-order valence-corrected chi connectivity index (χ2v) is 6.15. The summed E-state index contributed by atoms with van der Waals surface area (Å²) in [7, 11) is 1.78. The van der Waals surface area contributed by atoms with E-state index in [-0.39, 0.29) is 24.0 Å². The Labute approximate surface area is 169 Å². The van der Waals surface area contributed by atoms with Crippen LogP contribution in [0.15, 0.2) is 70.5 Å². The van der Waals surface area contributed by atoms with E-state index in [4.69, 9.17) is 4.42 Å². The number of aliphatic imine (C=N–C) groups is 1. The molecule has 1 aliphatic rings. The first-order chi connectivity index (χ1) is 12.3. The number of halogens is 1. The van der Waals surface area contributed by atoms with E-state index in [0.29, 0.717) is 18.5 Å². The van der Waals surface area contributed by atoms with Crippen LogP contribution < -0.4 is 10.6 Å². The van der Waals surface area contributed by atoms with Crippen LogP contribution in [0.2, 0.25) is 0 Å². The second kappa shape index (κ2) is 8.39. The van der Waals surface area contributed by atoms with Crippen LogP contribution in [0.1, 0.15) is 23.7 Å². The van der Waals surface area contributed by atoms with Gasteiger partial charge in [0, 0.05) is 25.2 Å². The highest BCUT2D eigenvalue weighted by molar-refractivity contribution is 14.0. The van der Waals surface area contributed by atoms with Crippen molar-refractivity contribution < 1.29 is 4.42 Å². The van der Waals surface area contributed by atoms with Gasteiger partial charge in [0.25, 0.3) is 0 Å². The summed E-state index contributed by atoms with van der Waals surface area (Å²) in [5, 5.41) is 11.2. The topological polar surface area (TPSA) is 67.4 Å². The van der Waals surface area contributed by atoms with Gasteiger partial charge in [-0.05, 0) is 36.2 Å². The van der Waals surface area contributed by atoms with Crippen molar-refractivity contribution in [3.05, 3.63) is 72.4 Å². The quantitative estimate of drug-likeness (QED) is 0.346. The van der Waals surface area contributed by atoms with Crippen molar-refractivity contribution in [2.24, 2.45) is 4.99 Å². The number of furan rings is 1. The Bertz CT molecular complexity index is 844. The van der Waals surface area contributed by atoms with E-state index in [2.05, 4.69) is 39.1 Å². The number of aromatic nitrogens is 2. The molecule has 136 valence electrons. The zero-order valence-electron chi connectivity index (χ0n) is 14.5. The minimum Gasteiger partial charge on any atom is -0.467 e. The molecule has 4 rings (SSSR count). The second-order valence-electron chi connectivity index (χ2n) is 6.15. The molecule has 2 aromatic heterocycles. The lowest BCUT2D eigenvalue weighted by Crippen LogP contribution is -2.38. The highest BCUT2D eigenvalue weighted by atomic mass is 127. The number of para-hydroxylation sites is 1. The van der Waals surface area contributed by atoms with E-state index < -0.39 is 0 Å². The third-order valence-corrected chi connectivity index (χ3v) is 4.40. The summed E-state index contributed by atoms with van der Waals surface area (Å²) in [5.74, 6) is 2.15. The molecular weight excluding hydrogens is 441 g/mol. The van der Waals surface area contributed by atoms with Crippen molar-refractivity contribution in [3.8, 4) is 5.69 Å². The van der Waals surface area contributed by atoms with Crippen LogP contribution in [0, 0.1) is 0 Å². The molecule has 1 aromatic carbocycles. The van der Waals surface area contributed by atoms with Crippen LogP contribution in [0.5, 0.6) is 0 Å². The molecule has 6 nitrogen and oxygen atoms in total. The normalized spacial score (nSPS) is 18.9. The maximum Gasteiger partial charge on any atom is 0.191 e. The smallest absolute Gasteiger partial charge is 0.191 e. The number of rotatable bonds is 5. The van der Waals surface area contributed by atoms with Crippen molar-refractivity contribution in [1.82, 2.24) is 20.4 Å². The van der Waals surface area contributed by atoms with Crippen LogP contribution in [0.25, 0.3) is 5.69 Å². The zero-order valence-corrected chi connectivity index (χ0v) is 16.8. The molecule has 2 atom stereocenters. The Morgan fingerprint density at radius 3 is 2.85 bits per heavy atom. The summed E-state index contributed by atoms with van der Waals surface area (Å²) in [6.45, 7) is 0.621. The van der Waals surface area contributed by atoms with Gasteiger partial charge in [-0.15, -0.1) is 24.0 Å². The molecule has 1 fully saturated rings. The molecule has 0 spiro atoms. The fourth-order valence-electron chi connectivity index (χ4n) is 2.93. The molecule has 0 saturated heterocycles. The number of hydrogen-bond donors (Lipinski definition) is 2. The van der Waals surface area contributed by atoms with Gasteiger partial charge in [0.1, 0.15) is 5.76 Å². The van der Waals surface area contributed by atoms with Gasteiger partial charge in [0.15, 0.2) is 5.96 Å². The largest absolute Gasteiger partial charge is 0.467 e. The number of nitrogens with zero attached hydrogens (tertiary/aromatic N) is 3. The molecule has 0 radical (unpaired) electrons. The standard InChI is InChI=1S/C19H21N5O.HI/c1-20-19(21-12-16-8-5-9-25-16)23-18-10-17(18)14-11-22-24(13-14)15-6-3-2-4-7-15;/h2-9,11,13,17-18H,10,12H2,1H3,(H2,20,21,23);1H/t17-,18+;/m0./s1. The van der Waals surface area contributed by atoms with Crippen LogP contribution in [0.4, 0.5) is 0 Å². The third-order valence-electron chi connectivity index (χ3n) is 4.40. The number of benzene rings is 1. The molecule has 26 heavy (non-hydrogen) atoms. The molecule has 1 aliphatic carbocycles. The monoisotopic (exact) mass is 463 g/mol. The third kappa shape index (κ3) is 4.27. The molecule has 2 heterocycles. The molecule has 0 amide bonds. The van der Waals surface area contributed by atoms with Gasteiger partial charge in [-0.1, -0.05) is 18.2 Å². The van der Waals surface area contributed by atoms with Crippen LogP contribution >= 0.6 is 24.0 Å². The van der Waals surface area contributed by atoms with Crippen molar-refractivity contribution in [2.45, 2.75) is 24.9 Å². The van der Waals surface area contributed by atoms with Crippen molar-refractivity contribution in [1.29, 1.82) is 0 Å². The SMILES string of the molecule is CN=C(NCc1ccco1)N[C@@H]1C[C@H]1c1cnn(-c2ccccc2)c1.I. The predicted molar refractivity (Wildman–Crippen MR) is 112 cm³/mol. The molecular formula is C19H22IN5O. The highest BCUT2D eigenvalue weighted by Crippen LogP contribution is 2.40. The molecule has 0 aliphatic heterocycles. The first-order valence-electron chi connectivity index (χ1n) is 8.43. The van der Waals surface area contributed by atoms with Crippen molar-refractivity contribution in [2.75, 3.05) is 7.05 Å². The van der Waals surface area contributed by atoms with Gasteiger partial charge < -0.3 is 15.1 Å². The van der Waals surface area contributed by atoms with Crippen LogP contribution in [0.3, 0.4) is 0 Å². The first-order valence-corrected chi connectivity index (χ1v) is 8.43. The van der Waals surface area contributed by atoms with Gasteiger partial charge in [0.05, 0.1) is 24.7 Å². The van der Waals surface area contributed by atoms with Crippen molar-refractivity contribution >= 4 is 29.9 Å². The van der Waals surface area contributed by atoms with E-state index in [0.717, 1.165) is 23.8 Å². The fraction of sp³-hybridized carbons (Fsp3) is 0.263. The maximum atomic E-state index is 5.33. The van der Waals surface area contributed by atoms with Crippen LogP contribution in [-0.4, -0.2) is 28.8 Å². The minimum absolute atomic E-state index is 0. The van der Waals surface area contributed by atoms with Gasteiger partial charge in [-0.25, -0.2) is 4.68 Å².